The first kappa shape index (κ1) is 24.2. The molecular weight excluding hydrogens is 481 g/mol. The first-order valence-electron chi connectivity index (χ1n) is 10.3. The number of para-hydroxylation sites is 1. The molecule has 4 aromatic rings. The summed E-state index contributed by atoms with van der Waals surface area (Å²) in [6, 6.07) is 17.8. The van der Waals surface area contributed by atoms with Crippen LogP contribution in [0.3, 0.4) is 0 Å². The number of nitrogens with one attached hydrogen (secondary N) is 1. The maximum Gasteiger partial charge on any atom is 0.416 e. The maximum atomic E-state index is 13.1. The van der Waals surface area contributed by atoms with Crippen molar-refractivity contribution in [1.82, 2.24) is 9.78 Å². The topological polar surface area (TPSA) is 60.7 Å². The molecule has 0 atom stereocenters. The Morgan fingerprint density at radius 3 is 2.40 bits per heavy atom. The minimum atomic E-state index is -4.50. The predicted octanol–water partition coefficient (Wildman–Crippen LogP) is 6.67. The Kier molecular flexibility index (Phi) is 6.97. The zero-order chi connectivity index (χ0) is 25.0. The highest BCUT2D eigenvalue weighted by molar-refractivity contribution is 6.33. The molecule has 0 aliphatic heterocycles. The number of methoxy groups -OCH3 is 2. The Hall–Kier alpha value is -3.98. The highest BCUT2D eigenvalue weighted by Gasteiger charge is 2.31. The standard InChI is InChI=1S/C25H20ClF3N4O2/c1-34-22-11-8-16(12-23(22)35-2)24-17(15-33(32-24)19-6-4-3-5-7-19)14-30-31-21-13-18(25(27,28)29)9-10-20(21)26/h3-15,31H,1-2H3/b30-14+. The summed E-state index contributed by atoms with van der Waals surface area (Å²) in [4.78, 5) is 0. The van der Waals surface area contributed by atoms with Crippen molar-refractivity contribution >= 4 is 23.5 Å². The maximum absolute atomic E-state index is 13.1. The number of ether oxygens (including phenoxy) is 2. The van der Waals surface area contributed by atoms with Crippen LogP contribution >= 0.6 is 11.6 Å². The van der Waals surface area contributed by atoms with Gasteiger partial charge in [-0.15, -0.1) is 0 Å². The van der Waals surface area contributed by atoms with Gasteiger partial charge in [0, 0.05) is 17.3 Å². The highest BCUT2D eigenvalue weighted by atomic mass is 35.5. The predicted molar refractivity (Wildman–Crippen MR) is 130 cm³/mol. The number of hydrogen-bond donors (Lipinski definition) is 1. The second-order valence-corrected chi connectivity index (χ2v) is 7.75. The van der Waals surface area contributed by atoms with Crippen LogP contribution in [-0.2, 0) is 6.18 Å². The fourth-order valence-corrected chi connectivity index (χ4v) is 3.52. The third-order valence-corrected chi connectivity index (χ3v) is 5.43. The molecule has 0 radical (unpaired) electrons. The molecule has 1 aromatic heterocycles. The first-order valence-corrected chi connectivity index (χ1v) is 10.7. The van der Waals surface area contributed by atoms with Gasteiger partial charge in [0.15, 0.2) is 11.5 Å². The normalized spacial score (nSPS) is 11.6. The molecule has 0 aliphatic carbocycles. The average molecular weight is 501 g/mol. The van der Waals surface area contributed by atoms with Gasteiger partial charge in [-0.1, -0.05) is 29.8 Å². The Labute approximate surface area is 204 Å². The van der Waals surface area contributed by atoms with Gasteiger partial charge in [0.25, 0.3) is 0 Å². The van der Waals surface area contributed by atoms with E-state index in [-0.39, 0.29) is 10.7 Å². The molecule has 10 heteroatoms. The Morgan fingerprint density at radius 2 is 1.71 bits per heavy atom. The van der Waals surface area contributed by atoms with Crippen molar-refractivity contribution in [2.24, 2.45) is 5.10 Å². The molecule has 4 rings (SSSR count). The van der Waals surface area contributed by atoms with Crippen molar-refractivity contribution in [2.45, 2.75) is 6.18 Å². The zero-order valence-electron chi connectivity index (χ0n) is 18.7. The van der Waals surface area contributed by atoms with Gasteiger partial charge < -0.3 is 9.47 Å². The summed E-state index contributed by atoms with van der Waals surface area (Å²) in [6.07, 6.45) is -1.27. The second kappa shape index (κ2) is 10.1. The molecule has 180 valence electrons. The summed E-state index contributed by atoms with van der Waals surface area (Å²) in [5.41, 5.74) is 4.54. The SMILES string of the molecule is COc1ccc(-c2nn(-c3ccccc3)cc2/C=N/Nc2cc(C(F)(F)F)ccc2Cl)cc1OC. The molecule has 0 amide bonds. The lowest BCUT2D eigenvalue weighted by atomic mass is 10.1. The molecular formula is C25H20ClF3N4O2. The number of rotatable bonds is 7. The van der Waals surface area contributed by atoms with Crippen LogP contribution in [0.5, 0.6) is 11.5 Å². The van der Waals surface area contributed by atoms with E-state index in [4.69, 9.17) is 26.2 Å². The van der Waals surface area contributed by atoms with E-state index in [2.05, 4.69) is 10.5 Å². The Morgan fingerprint density at radius 1 is 0.971 bits per heavy atom. The van der Waals surface area contributed by atoms with Crippen LogP contribution in [0.2, 0.25) is 5.02 Å². The summed E-state index contributed by atoms with van der Waals surface area (Å²) in [6.45, 7) is 0. The fraction of sp³-hybridized carbons (Fsp3) is 0.120. The van der Waals surface area contributed by atoms with Crippen LogP contribution in [0.25, 0.3) is 16.9 Å². The molecule has 0 fully saturated rings. The van der Waals surface area contributed by atoms with E-state index in [0.29, 0.717) is 22.8 Å². The summed E-state index contributed by atoms with van der Waals surface area (Å²) >= 11 is 6.06. The molecule has 0 bridgehead atoms. The smallest absolute Gasteiger partial charge is 0.416 e. The quantitative estimate of drug-likeness (QED) is 0.227. The lowest BCUT2D eigenvalue weighted by Crippen LogP contribution is -2.05. The van der Waals surface area contributed by atoms with E-state index in [0.717, 1.165) is 23.4 Å². The van der Waals surface area contributed by atoms with Crippen molar-refractivity contribution in [3.05, 3.63) is 89.1 Å². The molecule has 6 nitrogen and oxygen atoms in total. The van der Waals surface area contributed by atoms with Gasteiger partial charge >= 0.3 is 6.18 Å². The van der Waals surface area contributed by atoms with Gasteiger partial charge in [-0.3, -0.25) is 5.43 Å². The molecule has 0 spiro atoms. The molecule has 1 N–H and O–H groups in total. The minimum absolute atomic E-state index is 0.0286. The molecule has 0 saturated heterocycles. The van der Waals surface area contributed by atoms with Gasteiger partial charge in [0.05, 0.1) is 42.4 Å². The minimum Gasteiger partial charge on any atom is -0.493 e. The van der Waals surface area contributed by atoms with Crippen LogP contribution in [0.1, 0.15) is 11.1 Å². The van der Waals surface area contributed by atoms with Crippen molar-refractivity contribution < 1.29 is 22.6 Å². The summed E-state index contributed by atoms with van der Waals surface area (Å²) in [5.74, 6) is 1.09. The van der Waals surface area contributed by atoms with Crippen molar-refractivity contribution in [1.29, 1.82) is 0 Å². The van der Waals surface area contributed by atoms with Crippen molar-refractivity contribution in [2.75, 3.05) is 19.6 Å². The largest absolute Gasteiger partial charge is 0.493 e. The van der Waals surface area contributed by atoms with Gasteiger partial charge in [-0.2, -0.15) is 23.4 Å². The summed E-state index contributed by atoms with van der Waals surface area (Å²) in [7, 11) is 3.08. The van der Waals surface area contributed by atoms with Crippen LogP contribution < -0.4 is 14.9 Å². The van der Waals surface area contributed by atoms with Gasteiger partial charge in [0.2, 0.25) is 0 Å². The van der Waals surface area contributed by atoms with E-state index < -0.39 is 11.7 Å². The molecule has 35 heavy (non-hydrogen) atoms. The van der Waals surface area contributed by atoms with Crippen LogP contribution in [0.4, 0.5) is 18.9 Å². The van der Waals surface area contributed by atoms with E-state index in [1.807, 2.05) is 36.4 Å². The van der Waals surface area contributed by atoms with E-state index in [1.165, 1.54) is 19.4 Å². The number of anilines is 1. The average Bonchev–Trinajstić information content (AvgIpc) is 3.28. The zero-order valence-corrected chi connectivity index (χ0v) is 19.4. The molecule has 1 heterocycles. The number of hydrogen-bond acceptors (Lipinski definition) is 5. The van der Waals surface area contributed by atoms with Crippen LogP contribution in [0.15, 0.2) is 78.0 Å². The number of halogens is 4. The third kappa shape index (κ3) is 5.41. The van der Waals surface area contributed by atoms with Gasteiger partial charge in [-0.05, 0) is 48.5 Å². The number of aromatic nitrogens is 2. The fourth-order valence-electron chi connectivity index (χ4n) is 3.36. The third-order valence-electron chi connectivity index (χ3n) is 5.10. The van der Waals surface area contributed by atoms with E-state index >= 15 is 0 Å². The Balaban J connectivity index is 1.72. The van der Waals surface area contributed by atoms with Gasteiger partial charge in [-0.25, -0.2) is 4.68 Å². The van der Waals surface area contributed by atoms with E-state index in [1.54, 1.807) is 30.1 Å². The number of hydrazone groups is 1. The number of nitrogens with zero attached hydrogens (tertiary/aromatic N) is 3. The highest BCUT2D eigenvalue weighted by Crippen LogP contribution is 2.35. The van der Waals surface area contributed by atoms with Crippen LogP contribution in [-0.4, -0.2) is 30.2 Å². The number of benzene rings is 3. The summed E-state index contributed by atoms with van der Waals surface area (Å²) in [5, 5.41) is 8.93. The van der Waals surface area contributed by atoms with Crippen LogP contribution in [0, 0.1) is 0 Å². The second-order valence-electron chi connectivity index (χ2n) is 7.35. The molecule has 0 saturated carbocycles. The monoisotopic (exact) mass is 500 g/mol. The van der Waals surface area contributed by atoms with Gasteiger partial charge in [0.1, 0.15) is 5.69 Å². The lowest BCUT2D eigenvalue weighted by Gasteiger charge is -2.10. The van der Waals surface area contributed by atoms with Crippen molar-refractivity contribution in [3.8, 4) is 28.4 Å². The Bertz CT molecular complexity index is 1350. The summed E-state index contributed by atoms with van der Waals surface area (Å²) < 4.78 is 51.6. The lowest BCUT2D eigenvalue weighted by molar-refractivity contribution is -0.137. The molecule has 0 unspecified atom stereocenters. The van der Waals surface area contributed by atoms with E-state index in [9.17, 15) is 13.2 Å². The molecule has 3 aromatic carbocycles. The van der Waals surface area contributed by atoms with Crippen molar-refractivity contribution in [3.63, 3.8) is 0 Å². The first-order chi connectivity index (χ1) is 16.8. The number of alkyl halides is 3. The molecule has 0 aliphatic rings.